The monoisotopic (exact) mass is 209 g/mol. The Kier molecular flexibility index (Phi) is 5.44. The highest BCUT2D eigenvalue weighted by Crippen LogP contribution is 2.04. The number of unbranched alkanes of at least 4 members (excludes halogenated alkanes) is 2. The van der Waals surface area contributed by atoms with Crippen LogP contribution in [0.1, 0.15) is 58.0 Å². The molecule has 0 amide bonds. The van der Waals surface area contributed by atoms with E-state index in [-0.39, 0.29) is 0 Å². The summed E-state index contributed by atoms with van der Waals surface area (Å²) in [5.41, 5.74) is 1.48. The fourth-order valence-electron chi connectivity index (χ4n) is 2.01. The molecule has 0 unspecified atom stereocenters. The zero-order valence-corrected chi connectivity index (χ0v) is 10.5. The third-order valence-electron chi connectivity index (χ3n) is 2.95. The topological polar surface area (TPSA) is 19.7 Å². The molecule has 15 heavy (non-hydrogen) atoms. The molecule has 0 saturated heterocycles. The number of hydrogen-bond donors (Lipinski definition) is 1. The van der Waals surface area contributed by atoms with Crippen LogP contribution in [0.5, 0.6) is 0 Å². The summed E-state index contributed by atoms with van der Waals surface area (Å²) in [5.74, 6) is 1.41. The molecular formula is C13H25N2+. The number of aromatic nitrogens is 2. The highest BCUT2D eigenvalue weighted by atomic mass is 15.1. The standard InChI is InChI=1S/C13H24N2/c1-4-7-9-12-11-14-13(10-8-5-2)15(12)6-3/h11H,4-10H2,1-3H3/p+1. The minimum absolute atomic E-state index is 1.10. The van der Waals surface area contributed by atoms with E-state index in [2.05, 4.69) is 36.5 Å². The van der Waals surface area contributed by atoms with Crippen molar-refractivity contribution in [1.82, 2.24) is 4.98 Å². The van der Waals surface area contributed by atoms with Gasteiger partial charge in [0.15, 0.2) is 0 Å². The molecule has 1 N–H and O–H groups in total. The average Bonchev–Trinajstić information content (AvgIpc) is 2.65. The van der Waals surface area contributed by atoms with Crippen molar-refractivity contribution in [2.45, 2.75) is 65.8 Å². The van der Waals surface area contributed by atoms with Crippen LogP contribution < -0.4 is 4.57 Å². The van der Waals surface area contributed by atoms with E-state index in [0.29, 0.717) is 0 Å². The maximum atomic E-state index is 3.43. The smallest absolute Gasteiger partial charge is 0.247 e. The van der Waals surface area contributed by atoms with Gasteiger partial charge >= 0.3 is 0 Å². The number of H-pyrrole nitrogens is 1. The van der Waals surface area contributed by atoms with Crippen molar-refractivity contribution in [2.75, 3.05) is 0 Å². The zero-order chi connectivity index (χ0) is 11.1. The summed E-state index contributed by atoms with van der Waals surface area (Å²) in [7, 11) is 0. The molecule has 86 valence electrons. The van der Waals surface area contributed by atoms with Gasteiger partial charge in [-0.2, -0.15) is 0 Å². The van der Waals surface area contributed by atoms with E-state index in [9.17, 15) is 0 Å². The molecule has 0 fully saturated rings. The minimum atomic E-state index is 1.10. The van der Waals surface area contributed by atoms with Gasteiger partial charge in [0, 0.05) is 12.8 Å². The highest BCUT2D eigenvalue weighted by Gasteiger charge is 2.14. The Labute approximate surface area is 93.7 Å². The van der Waals surface area contributed by atoms with Crippen LogP contribution in [-0.2, 0) is 19.4 Å². The predicted molar refractivity (Wildman–Crippen MR) is 63.9 cm³/mol. The number of imidazole rings is 1. The van der Waals surface area contributed by atoms with Crippen LogP contribution in [0, 0.1) is 0 Å². The fraction of sp³-hybridized carbons (Fsp3) is 0.769. The van der Waals surface area contributed by atoms with E-state index in [1.165, 1.54) is 50.0 Å². The maximum absolute atomic E-state index is 3.43. The van der Waals surface area contributed by atoms with Gasteiger partial charge in [0.2, 0.25) is 0 Å². The maximum Gasteiger partial charge on any atom is 0.254 e. The van der Waals surface area contributed by atoms with Crippen molar-refractivity contribution < 1.29 is 4.57 Å². The first-order chi connectivity index (χ1) is 7.33. The molecule has 0 saturated carbocycles. The van der Waals surface area contributed by atoms with Crippen molar-refractivity contribution in [2.24, 2.45) is 0 Å². The Morgan fingerprint density at radius 3 is 2.33 bits per heavy atom. The summed E-state index contributed by atoms with van der Waals surface area (Å²) in [4.78, 5) is 3.43. The highest BCUT2D eigenvalue weighted by molar-refractivity contribution is 4.92. The van der Waals surface area contributed by atoms with Crippen LogP contribution in [-0.4, -0.2) is 4.98 Å². The normalized spacial score (nSPS) is 10.9. The van der Waals surface area contributed by atoms with Crippen LogP contribution in [0.4, 0.5) is 0 Å². The molecule has 0 atom stereocenters. The van der Waals surface area contributed by atoms with Crippen molar-refractivity contribution in [3.63, 3.8) is 0 Å². The molecule has 2 nitrogen and oxygen atoms in total. The number of nitrogens with one attached hydrogen (secondary N) is 1. The summed E-state index contributed by atoms with van der Waals surface area (Å²) in [5, 5.41) is 0. The lowest BCUT2D eigenvalue weighted by atomic mass is 10.2. The third-order valence-corrected chi connectivity index (χ3v) is 2.95. The van der Waals surface area contributed by atoms with Crippen molar-refractivity contribution >= 4 is 0 Å². The molecule has 0 aliphatic rings. The SMILES string of the molecule is CCCCc1c[nH]c(CCCC)[n+]1CC. The molecule has 1 rings (SSSR count). The Bertz CT molecular complexity index is 251. The summed E-state index contributed by atoms with van der Waals surface area (Å²) < 4.78 is 2.45. The first-order valence-corrected chi connectivity index (χ1v) is 6.42. The first kappa shape index (κ1) is 12.3. The van der Waals surface area contributed by atoms with Gasteiger partial charge in [0.05, 0.1) is 6.54 Å². The van der Waals surface area contributed by atoms with E-state index < -0.39 is 0 Å². The third kappa shape index (κ3) is 3.37. The Balaban J connectivity index is 2.66. The van der Waals surface area contributed by atoms with Crippen LogP contribution >= 0.6 is 0 Å². The molecule has 2 heteroatoms. The first-order valence-electron chi connectivity index (χ1n) is 6.42. The molecule has 1 heterocycles. The predicted octanol–water partition coefficient (Wildman–Crippen LogP) is 3.01. The molecule has 0 bridgehead atoms. The lowest BCUT2D eigenvalue weighted by Crippen LogP contribution is -2.39. The second-order valence-corrected chi connectivity index (χ2v) is 4.18. The van der Waals surface area contributed by atoms with Crippen LogP contribution in [0.2, 0.25) is 0 Å². The Morgan fingerprint density at radius 1 is 1.07 bits per heavy atom. The van der Waals surface area contributed by atoms with E-state index in [1.54, 1.807) is 0 Å². The van der Waals surface area contributed by atoms with E-state index in [1.807, 2.05) is 0 Å². The van der Waals surface area contributed by atoms with E-state index >= 15 is 0 Å². The molecule has 1 aromatic heterocycles. The second kappa shape index (κ2) is 6.65. The van der Waals surface area contributed by atoms with Gasteiger partial charge in [-0.3, -0.25) is 0 Å². The lowest BCUT2D eigenvalue weighted by Gasteiger charge is -2.01. The largest absolute Gasteiger partial charge is 0.254 e. The van der Waals surface area contributed by atoms with Gasteiger partial charge in [-0.05, 0) is 19.8 Å². The van der Waals surface area contributed by atoms with Gasteiger partial charge in [0.25, 0.3) is 5.82 Å². The van der Waals surface area contributed by atoms with Gasteiger partial charge in [-0.25, -0.2) is 9.55 Å². The van der Waals surface area contributed by atoms with Crippen LogP contribution in [0.15, 0.2) is 6.20 Å². The zero-order valence-electron chi connectivity index (χ0n) is 10.5. The van der Waals surface area contributed by atoms with Crippen molar-refractivity contribution in [3.8, 4) is 0 Å². The molecule has 0 spiro atoms. The molecule has 0 radical (unpaired) electrons. The van der Waals surface area contributed by atoms with Gasteiger partial charge in [-0.1, -0.05) is 26.7 Å². The van der Waals surface area contributed by atoms with Crippen LogP contribution in [0.3, 0.4) is 0 Å². The summed E-state index contributed by atoms with van der Waals surface area (Å²) >= 11 is 0. The number of rotatable bonds is 7. The summed E-state index contributed by atoms with van der Waals surface area (Å²) in [6.07, 6.45) is 9.73. The summed E-state index contributed by atoms with van der Waals surface area (Å²) in [6, 6.07) is 0. The summed E-state index contributed by atoms with van der Waals surface area (Å²) in [6.45, 7) is 7.83. The second-order valence-electron chi connectivity index (χ2n) is 4.18. The minimum Gasteiger partial charge on any atom is -0.247 e. The number of aryl methyl sites for hydroxylation is 2. The van der Waals surface area contributed by atoms with E-state index in [0.717, 1.165) is 6.54 Å². The molecule has 0 aliphatic carbocycles. The molecule has 1 aromatic rings. The quantitative estimate of drug-likeness (QED) is 0.666. The van der Waals surface area contributed by atoms with Crippen LogP contribution in [0.25, 0.3) is 0 Å². The molecule has 0 aromatic carbocycles. The van der Waals surface area contributed by atoms with E-state index in [4.69, 9.17) is 0 Å². The van der Waals surface area contributed by atoms with Gasteiger partial charge in [-0.15, -0.1) is 0 Å². The lowest BCUT2D eigenvalue weighted by molar-refractivity contribution is -0.706. The van der Waals surface area contributed by atoms with Crippen molar-refractivity contribution in [3.05, 3.63) is 17.7 Å². The van der Waals surface area contributed by atoms with Crippen molar-refractivity contribution in [1.29, 1.82) is 0 Å². The van der Waals surface area contributed by atoms with Gasteiger partial charge in [0.1, 0.15) is 11.9 Å². The Morgan fingerprint density at radius 2 is 1.73 bits per heavy atom. The number of hydrogen-bond acceptors (Lipinski definition) is 0. The van der Waals surface area contributed by atoms with Gasteiger partial charge < -0.3 is 0 Å². The molecular weight excluding hydrogens is 184 g/mol. The Hall–Kier alpha value is -0.790. The number of nitrogens with zero attached hydrogens (tertiary/aromatic N) is 1. The molecule has 0 aliphatic heterocycles. The average molecular weight is 209 g/mol. The fourth-order valence-corrected chi connectivity index (χ4v) is 2.01. The number of aromatic amines is 1.